The minimum absolute atomic E-state index is 0.160. The van der Waals surface area contributed by atoms with Crippen LogP contribution in [-0.2, 0) is 6.54 Å². The predicted octanol–water partition coefficient (Wildman–Crippen LogP) is 3.10. The first kappa shape index (κ1) is 9.62. The average molecular weight is 209 g/mol. The summed E-state index contributed by atoms with van der Waals surface area (Å²) in [5.74, 6) is -0.160. The fraction of sp³-hybridized carbons (Fsp3) is 0.273. The number of rotatable bonds is 2. The Morgan fingerprint density at radius 3 is 2.79 bits per heavy atom. The standard InChI is InChI=1S/C11H12FNS/c1-13(2)7-10-6-8-5-9(12)3-4-11(8)14-10/h3-6H,7H2,1-2H3. The molecule has 14 heavy (non-hydrogen) atoms. The van der Waals surface area contributed by atoms with Crippen LogP contribution in [-0.4, -0.2) is 19.0 Å². The molecular formula is C11H12FNS. The number of nitrogens with zero attached hydrogens (tertiary/aromatic N) is 1. The lowest BCUT2D eigenvalue weighted by molar-refractivity contribution is 0.406. The van der Waals surface area contributed by atoms with Gasteiger partial charge in [0.2, 0.25) is 0 Å². The van der Waals surface area contributed by atoms with Crippen LogP contribution in [0.1, 0.15) is 4.88 Å². The molecule has 0 saturated heterocycles. The van der Waals surface area contributed by atoms with Gasteiger partial charge in [-0.3, -0.25) is 0 Å². The van der Waals surface area contributed by atoms with Gasteiger partial charge in [-0.1, -0.05) is 0 Å². The first-order valence-electron chi connectivity index (χ1n) is 4.48. The summed E-state index contributed by atoms with van der Waals surface area (Å²) >= 11 is 1.73. The highest BCUT2D eigenvalue weighted by molar-refractivity contribution is 7.19. The Morgan fingerprint density at radius 1 is 1.29 bits per heavy atom. The average Bonchev–Trinajstić information content (AvgIpc) is 2.44. The summed E-state index contributed by atoms with van der Waals surface area (Å²) in [5.41, 5.74) is 0. The molecule has 0 aliphatic heterocycles. The molecule has 74 valence electrons. The van der Waals surface area contributed by atoms with Crippen LogP contribution in [0.25, 0.3) is 10.1 Å². The third kappa shape index (κ3) is 1.94. The maximum atomic E-state index is 12.9. The molecule has 1 nitrogen and oxygen atoms in total. The predicted molar refractivity (Wildman–Crippen MR) is 59.2 cm³/mol. The van der Waals surface area contributed by atoms with Crippen molar-refractivity contribution in [2.45, 2.75) is 6.54 Å². The third-order valence-electron chi connectivity index (χ3n) is 2.00. The zero-order chi connectivity index (χ0) is 10.1. The minimum atomic E-state index is -0.160. The molecule has 1 aromatic heterocycles. The molecule has 1 heterocycles. The normalized spacial score (nSPS) is 11.4. The summed E-state index contributed by atoms with van der Waals surface area (Å²) in [6, 6.07) is 7.00. The van der Waals surface area contributed by atoms with Gasteiger partial charge in [0.25, 0.3) is 0 Å². The van der Waals surface area contributed by atoms with Crippen molar-refractivity contribution in [3.05, 3.63) is 35.0 Å². The second kappa shape index (κ2) is 3.67. The van der Waals surface area contributed by atoms with Crippen molar-refractivity contribution in [1.29, 1.82) is 0 Å². The highest BCUT2D eigenvalue weighted by Crippen LogP contribution is 2.26. The van der Waals surface area contributed by atoms with Crippen LogP contribution in [0.3, 0.4) is 0 Å². The summed E-state index contributed by atoms with van der Waals surface area (Å²) in [5, 5.41) is 1.01. The topological polar surface area (TPSA) is 3.24 Å². The maximum absolute atomic E-state index is 12.9. The van der Waals surface area contributed by atoms with E-state index in [0.717, 1.165) is 16.6 Å². The smallest absolute Gasteiger partial charge is 0.123 e. The fourth-order valence-corrected chi connectivity index (χ4v) is 2.62. The van der Waals surface area contributed by atoms with Gasteiger partial charge < -0.3 is 4.90 Å². The molecule has 1 aromatic carbocycles. The Kier molecular flexibility index (Phi) is 2.52. The third-order valence-corrected chi connectivity index (χ3v) is 3.10. The van der Waals surface area contributed by atoms with Crippen molar-refractivity contribution in [3.8, 4) is 0 Å². The van der Waals surface area contributed by atoms with Crippen molar-refractivity contribution in [3.63, 3.8) is 0 Å². The van der Waals surface area contributed by atoms with Crippen molar-refractivity contribution in [2.75, 3.05) is 14.1 Å². The summed E-state index contributed by atoms with van der Waals surface area (Å²) in [6.07, 6.45) is 0. The quantitative estimate of drug-likeness (QED) is 0.734. The lowest BCUT2D eigenvalue weighted by Gasteiger charge is -2.05. The van der Waals surface area contributed by atoms with Crippen molar-refractivity contribution >= 4 is 21.4 Å². The fourth-order valence-electron chi connectivity index (χ4n) is 1.46. The summed E-state index contributed by atoms with van der Waals surface area (Å²) in [7, 11) is 4.07. The van der Waals surface area contributed by atoms with Gasteiger partial charge in [-0.15, -0.1) is 11.3 Å². The Bertz CT molecular complexity index is 447. The lowest BCUT2D eigenvalue weighted by atomic mass is 10.2. The first-order chi connectivity index (χ1) is 6.65. The number of hydrogen-bond donors (Lipinski definition) is 0. The van der Waals surface area contributed by atoms with Gasteiger partial charge >= 0.3 is 0 Å². The monoisotopic (exact) mass is 209 g/mol. The number of hydrogen-bond acceptors (Lipinski definition) is 2. The van der Waals surface area contributed by atoms with E-state index in [0.29, 0.717) is 0 Å². The van der Waals surface area contributed by atoms with E-state index < -0.39 is 0 Å². The molecule has 0 amide bonds. The largest absolute Gasteiger partial charge is 0.304 e. The molecule has 0 bridgehead atoms. The molecule has 0 aliphatic rings. The SMILES string of the molecule is CN(C)Cc1cc2cc(F)ccc2s1. The molecular weight excluding hydrogens is 197 g/mol. The Morgan fingerprint density at radius 2 is 2.07 bits per heavy atom. The van der Waals surface area contributed by atoms with Gasteiger partial charge in [-0.05, 0) is 43.7 Å². The molecule has 0 atom stereocenters. The van der Waals surface area contributed by atoms with E-state index in [9.17, 15) is 4.39 Å². The van der Waals surface area contributed by atoms with E-state index in [1.54, 1.807) is 17.4 Å². The van der Waals surface area contributed by atoms with Gasteiger partial charge in [0.05, 0.1) is 0 Å². The second-order valence-electron chi connectivity index (χ2n) is 3.63. The molecule has 0 radical (unpaired) electrons. The summed E-state index contributed by atoms with van der Waals surface area (Å²) < 4.78 is 14.1. The van der Waals surface area contributed by atoms with Crippen LogP contribution in [0, 0.1) is 5.82 Å². The number of fused-ring (bicyclic) bond motifs is 1. The number of halogens is 1. The molecule has 2 rings (SSSR count). The van der Waals surface area contributed by atoms with Crippen LogP contribution >= 0.6 is 11.3 Å². The zero-order valence-electron chi connectivity index (χ0n) is 8.25. The van der Waals surface area contributed by atoms with Gasteiger partial charge in [0, 0.05) is 16.1 Å². The first-order valence-corrected chi connectivity index (χ1v) is 5.29. The van der Waals surface area contributed by atoms with E-state index in [4.69, 9.17) is 0 Å². The minimum Gasteiger partial charge on any atom is -0.304 e. The van der Waals surface area contributed by atoms with Crippen molar-refractivity contribution in [1.82, 2.24) is 4.90 Å². The van der Waals surface area contributed by atoms with Gasteiger partial charge in [0.1, 0.15) is 5.82 Å². The molecule has 0 saturated carbocycles. The molecule has 0 fully saturated rings. The summed E-state index contributed by atoms with van der Waals surface area (Å²) in [6.45, 7) is 0.918. The highest BCUT2D eigenvalue weighted by atomic mass is 32.1. The van der Waals surface area contributed by atoms with Crippen molar-refractivity contribution in [2.24, 2.45) is 0 Å². The van der Waals surface area contributed by atoms with Crippen LogP contribution in [0.4, 0.5) is 4.39 Å². The number of benzene rings is 1. The van der Waals surface area contributed by atoms with E-state index in [-0.39, 0.29) is 5.82 Å². The maximum Gasteiger partial charge on any atom is 0.123 e. The molecule has 3 heteroatoms. The Labute approximate surface area is 86.8 Å². The van der Waals surface area contributed by atoms with Gasteiger partial charge in [-0.25, -0.2) is 4.39 Å². The molecule has 0 aliphatic carbocycles. The van der Waals surface area contributed by atoms with E-state index in [1.807, 2.05) is 20.2 Å². The van der Waals surface area contributed by atoms with Crippen molar-refractivity contribution < 1.29 is 4.39 Å². The summed E-state index contributed by atoms with van der Waals surface area (Å²) in [4.78, 5) is 3.39. The molecule has 0 N–H and O–H groups in total. The lowest BCUT2D eigenvalue weighted by Crippen LogP contribution is -2.09. The van der Waals surface area contributed by atoms with E-state index in [2.05, 4.69) is 11.0 Å². The molecule has 0 spiro atoms. The van der Waals surface area contributed by atoms with Gasteiger partial charge in [0.15, 0.2) is 0 Å². The second-order valence-corrected chi connectivity index (χ2v) is 4.80. The Hall–Kier alpha value is -0.930. The zero-order valence-corrected chi connectivity index (χ0v) is 9.07. The highest BCUT2D eigenvalue weighted by Gasteiger charge is 2.03. The molecule has 0 unspecified atom stereocenters. The van der Waals surface area contributed by atoms with Crippen LogP contribution in [0.5, 0.6) is 0 Å². The van der Waals surface area contributed by atoms with Crippen LogP contribution in [0.15, 0.2) is 24.3 Å². The van der Waals surface area contributed by atoms with Crippen LogP contribution < -0.4 is 0 Å². The van der Waals surface area contributed by atoms with E-state index >= 15 is 0 Å². The number of thiophene rings is 1. The Balaban J connectivity index is 2.41. The van der Waals surface area contributed by atoms with E-state index in [1.165, 1.54) is 10.9 Å². The van der Waals surface area contributed by atoms with Gasteiger partial charge in [-0.2, -0.15) is 0 Å². The molecule has 2 aromatic rings. The van der Waals surface area contributed by atoms with Crippen LogP contribution in [0.2, 0.25) is 0 Å².